The minimum atomic E-state index is -0.483. The highest BCUT2D eigenvalue weighted by atomic mass is 16.5. The van der Waals surface area contributed by atoms with Crippen molar-refractivity contribution in [3.63, 3.8) is 0 Å². The molecule has 5 heteroatoms. The summed E-state index contributed by atoms with van der Waals surface area (Å²) in [5, 5.41) is 3.01. The van der Waals surface area contributed by atoms with E-state index in [1.807, 2.05) is 45.0 Å². The second-order valence-corrected chi connectivity index (χ2v) is 7.94. The number of hydrogen-bond acceptors (Lipinski definition) is 3. The van der Waals surface area contributed by atoms with Gasteiger partial charge >= 0.3 is 0 Å². The number of nitrogens with one attached hydrogen (secondary N) is 1. The van der Waals surface area contributed by atoms with Gasteiger partial charge in [0.25, 0.3) is 0 Å². The first-order valence-electron chi connectivity index (χ1n) is 10.1. The van der Waals surface area contributed by atoms with Crippen molar-refractivity contribution in [1.29, 1.82) is 0 Å². The fraction of sp³-hybridized carbons (Fsp3) is 0.636. The van der Waals surface area contributed by atoms with Crippen molar-refractivity contribution in [1.82, 2.24) is 10.2 Å². The summed E-state index contributed by atoms with van der Waals surface area (Å²) < 4.78 is 5.79. The van der Waals surface area contributed by atoms with Gasteiger partial charge in [-0.3, -0.25) is 9.59 Å². The number of ether oxygens (including phenoxy) is 1. The number of hydrogen-bond donors (Lipinski definition) is 1. The molecule has 1 atom stereocenters. The summed E-state index contributed by atoms with van der Waals surface area (Å²) in [7, 11) is 1.77. The zero-order valence-corrected chi connectivity index (χ0v) is 17.2. The van der Waals surface area contributed by atoms with Crippen molar-refractivity contribution in [2.24, 2.45) is 11.8 Å². The van der Waals surface area contributed by atoms with Gasteiger partial charge in [0.1, 0.15) is 18.4 Å². The Bertz CT molecular complexity index is 624. The molecule has 1 aliphatic carbocycles. The van der Waals surface area contributed by atoms with E-state index in [1.54, 1.807) is 11.9 Å². The Hall–Kier alpha value is -2.04. The van der Waals surface area contributed by atoms with Crippen LogP contribution in [-0.4, -0.2) is 43.0 Å². The van der Waals surface area contributed by atoms with E-state index in [0.717, 1.165) is 37.0 Å². The number of carbonyl (C=O) groups is 2. The number of nitrogens with zero attached hydrogens (tertiary/aromatic N) is 1. The van der Waals surface area contributed by atoms with Gasteiger partial charge in [-0.2, -0.15) is 0 Å². The van der Waals surface area contributed by atoms with Crippen LogP contribution in [0.1, 0.15) is 51.5 Å². The monoisotopic (exact) mass is 374 g/mol. The van der Waals surface area contributed by atoms with Crippen molar-refractivity contribution in [2.45, 2.75) is 58.9 Å². The van der Waals surface area contributed by atoms with Gasteiger partial charge in [-0.05, 0) is 37.3 Å². The summed E-state index contributed by atoms with van der Waals surface area (Å²) in [6.07, 6.45) is 5.29. The van der Waals surface area contributed by atoms with Crippen LogP contribution < -0.4 is 10.1 Å². The molecular formula is C22H34N2O3. The van der Waals surface area contributed by atoms with E-state index < -0.39 is 6.04 Å². The lowest BCUT2D eigenvalue weighted by molar-refractivity contribution is -0.138. The summed E-state index contributed by atoms with van der Waals surface area (Å²) >= 11 is 0. The van der Waals surface area contributed by atoms with Crippen LogP contribution in [0.15, 0.2) is 24.3 Å². The number of carbonyl (C=O) groups excluding carboxylic acids is 2. The Kier molecular flexibility index (Phi) is 8.14. The third-order valence-corrected chi connectivity index (χ3v) is 5.36. The topological polar surface area (TPSA) is 58.6 Å². The Morgan fingerprint density at radius 2 is 1.85 bits per heavy atom. The fourth-order valence-corrected chi connectivity index (χ4v) is 3.51. The van der Waals surface area contributed by atoms with Crippen LogP contribution in [0.3, 0.4) is 0 Å². The minimum absolute atomic E-state index is 0.0336. The summed E-state index contributed by atoms with van der Waals surface area (Å²) in [4.78, 5) is 27.1. The Balaban J connectivity index is 1.86. The molecule has 0 saturated heterocycles. The van der Waals surface area contributed by atoms with Gasteiger partial charge in [-0.15, -0.1) is 0 Å². The smallest absolute Gasteiger partial charge is 0.245 e. The van der Waals surface area contributed by atoms with Crippen molar-refractivity contribution in [2.75, 3.05) is 20.2 Å². The zero-order chi connectivity index (χ0) is 19.8. The minimum Gasteiger partial charge on any atom is -0.491 e. The molecule has 1 aromatic rings. The third kappa shape index (κ3) is 6.26. The fourth-order valence-electron chi connectivity index (χ4n) is 3.51. The maximum absolute atomic E-state index is 12.9. The first kappa shape index (κ1) is 21.3. The Labute approximate surface area is 163 Å². The normalized spacial score (nSPS) is 16.0. The van der Waals surface area contributed by atoms with E-state index in [0.29, 0.717) is 13.2 Å². The maximum Gasteiger partial charge on any atom is 0.245 e. The van der Waals surface area contributed by atoms with E-state index in [9.17, 15) is 9.59 Å². The molecule has 5 nitrogen and oxygen atoms in total. The van der Waals surface area contributed by atoms with Gasteiger partial charge in [0.05, 0.1) is 6.54 Å². The Morgan fingerprint density at radius 1 is 1.19 bits per heavy atom. The molecule has 0 radical (unpaired) electrons. The van der Waals surface area contributed by atoms with Gasteiger partial charge in [0, 0.05) is 13.0 Å². The number of benzene rings is 1. The van der Waals surface area contributed by atoms with Crippen molar-refractivity contribution < 1.29 is 14.3 Å². The average Bonchev–Trinajstić information content (AvgIpc) is 2.67. The molecular weight excluding hydrogens is 340 g/mol. The van der Waals surface area contributed by atoms with Crippen LogP contribution in [0.4, 0.5) is 0 Å². The van der Waals surface area contributed by atoms with Crippen LogP contribution in [0.5, 0.6) is 5.75 Å². The number of likely N-dealkylation sites (N-methyl/N-ethyl adjacent to an activating group) is 1. The summed E-state index contributed by atoms with van der Waals surface area (Å²) in [5.74, 6) is 0.922. The van der Waals surface area contributed by atoms with Gasteiger partial charge in [-0.25, -0.2) is 0 Å². The number of rotatable bonds is 8. The molecule has 1 N–H and O–H groups in total. The standard InChI is InChI=1S/C22H34N2O3/c1-16(2)20(23-21(25)18-11-6-5-7-12-18)22(26)24(4)14-15-27-19-13-9-8-10-17(19)3/h8-10,13,16,18,20H,5-7,11-12,14-15H2,1-4H3,(H,23,25). The lowest BCUT2D eigenvalue weighted by atomic mass is 9.88. The Morgan fingerprint density at radius 3 is 2.48 bits per heavy atom. The highest BCUT2D eigenvalue weighted by Crippen LogP contribution is 2.24. The average molecular weight is 375 g/mol. The molecule has 1 aromatic carbocycles. The zero-order valence-electron chi connectivity index (χ0n) is 17.2. The molecule has 1 fully saturated rings. The molecule has 0 spiro atoms. The predicted octanol–water partition coefficient (Wildman–Crippen LogP) is 3.55. The molecule has 27 heavy (non-hydrogen) atoms. The van der Waals surface area contributed by atoms with E-state index in [-0.39, 0.29) is 23.7 Å². The third-order valence-electron chi connectivity index (χ3n) is 5.36. The quantitative estimate of drug-likeness (QED) is 0.757. The molecule has 1 saturated carbocycles. The maximum atomic E-state index is 12.9. The second kappa shape index (κ2) is 10.3. The van der Waals surface area contributed by atoms with E-state index in [2.05, 4.69) is 5.32 Å². The number of para-hydroxylation sites is 1. The van der Waals surface area contributed by atoms with Crippen LogP contribution in [0.25, 0.3) is 0 Å². The van der Waals surface area contributed by atoms with Gasteiger partial charge in [-0.1, -0.05) is 51.3 Å². The lowest BCUT2D eigenvalue weighted by Crippen LogP contribution is -2.52. The SMILES string of the molecule is Cc1ccccc1OCCN(C)C(=O)C(NC(=O)C1CCCCC1)C(C)C. The summed E-state index contributed by atoms with van der Waals surface area (Å²) in [6, 6.07) is 7.35. The molecule has 0 bridgehead atoms. The van der Waals surface area contributed by atoms with Gasteiger partial charge < -0.3 is 15.0 Å². The molecule has 1 aliphatic rings. The summed E-state index contributed by atoms with van der Waals surface area (Å²) in [6.45, 7) is 6.85. The molecule has 150 valence electrons. The lowest BCUT2D eigenvalue weighted by Gasteiger charge is -2.29. The van der Waals surface area contributed by atoms with Crippen LogP contribution in [-0.2, 0) is 9.59 Å². The van der Waals surface area contributed by atoms with Crippen LogP contribution in [0, 0.1) is 18.8 Å². The first-order chi connectivity index (χ1) is 12.9. The first-order valence-corrected chi connectivity index (χ1v) is 10.1. The largest absolute Gasteiger partial charge is 0.491 e. The molecule has 2 amide bonds. The molecule has 1 unspecified atom stereocenters. The number of aryl methyl sites for hydroxylation is 1. The molecule has 0 heterocycles. The highest BCUT2D eigenvalue weighted by Gasteiger charge is 2.30. The van der Waals surface area contributed by atoms with Crippen molar-refractivity contribution >= 4 is 11.8 Å². The van der Waals surface area contributed by atoms with Gasteiger partial charge in [0.15, 0.2) is 0 Å². The highest BCUT2D eigenvalue weighted by molar-refractivity contribution is 5.88. The van der Waals surface area contributed by atoms with Gasteiger partial charge in [0.2, 0.25) is 11.8 Å². The molecule has 0 aliphatic heterocycles. The predicted molar refractivity (Wildman–Crippen MR) is 108 cm³/mol. The molecule has 2 rings (SSSR count). The summed E-state index contributed by atoms with van der Waals surface area (Å²) in [5.41, 5.74) is 1.08. The van der Waals surface area contributed by atoms with Crippen molar-refractivity contribution in [3.8, 4) is 5.75 Å². The number of amides is 2. The van der Waals surface area contributed by atoms with Crippen LogP contribution in [0.2, 0.25) is 0 Å². The van der Waals surface area contributed by atoms with Crippen molar-refractivity contribution in [3.05, 3.63) is 29.8 Å². The second-order valence-electron chi connectivity index (χ2n) is 7.94. The molecule has 0 aromatic heterocycles. The van der Waals surface area contributed by atoms with E-state index in [1.165, 1.54) is 6.42 Å². The van der Waals surface area contributed by atoms with E-state index >= 15 is 0 Å². The van der Waals surface area contributed by atoms with Crippen LogP contribution >= 0.6 is 0 Å². The van der Waals surface area contributed by atoms with E-state index in [4.69, 9.17) is 4.74 Å².